The first-order valence-electron chi connectivity index (χ1n) is 20.2. The van der Waals surface area contributed by atoms with E-state index in [0.29, 0.717) is 33.4 Å². The van der Waals surface area contributed by atoms with E-state index in [9.17, 15) is 48.6 Å². The number of carbonyl (C=O) groups excluding carboxylic acids is 4. The maximum absolute atomic E-state index is 14.3. The Morgan fingerprint density at radius 2 is 0.703 bits per heavy atom. The molecule has 0 atom stereocenters. The molecule has 1 fully saturated rings. The first-order valence-corrected chi connectivity index (χ1v) is 20.2. The lowest BCUT2D eigenvalue weighted by Gasteiger charge is -2.41. The smallest absolute Gasteiger partial charge is 0.336 e. The van der Waals surface area contributed by atoms with Crippen LogP contribution in [-0.4, -0.2) is 89.8 Å². The molecule has 2 aliphatic heterocycles. The van der Waals surface area contributed by atoms with E-state index >= 15 is 0 Å². The predicted molar refractivity (Wildman–Crippen MR) is 233 cm³/mol. The molecule has 0 unspecified atom stereocenters. The summed E-state index contributed by atoms with van der Waals surface area (Å²) in [6.45, 7) is 0. The zero-order chi connectivity index (χ0) is 45.1. The van der Waals surface area contributed by atoms with Gasteiger partial charge in [-0.05, 0) is 108 Å². The van der Waals surface area contributed by atoms with Crippen molar-refractivity contribution in [1.82, 2.24) is 9.80 Å². The Hall–Kier alpha value is -8.52. The minimum absolute atomic E-state index is 0.107. The third kappa shape index (κ3) is 6.77. The molecule has 1 saturated carbocycles. The zero-order valence-electron chi connectivity index (χ0n) is 33.5. The molecule has 14 heteroatoms. The number of benzene rings is 6. The van der Waals surface area contributed by atoms with Crippen molar-refractivity contribution in [2.75, 3.05) is 0 Å². The number of carbonyl (C=O) groups is 8. The van der Waals surface area contributed by atoms with Gasteiger partial charge in [-0.1, -0.05) is 60.7 Å². The van der Waals surface area contributed by atoms with Gasteiger partial charge in [0.1, 0.15) is 0 Å². The average Bonchev–Trinajstić information content (AvgIpc) is 3.28. The Bertz CT molecular complexity index is 2900. The Balaban J connectivity index is 0.994. The first-order chi connectivity index (χ1) is 30.7. The van der Waals surface area contributed by atoms with Gasteiger partial charge in [-0.3, -0.25) is 29.0 Å². The van der Waals surface area contributed by atoms with Crippen LogP contribution < -0.4 is 0 Å². The van der Waals surface area contributed by atoms with E-state index in [0.717, 1.165) is 12.2 Å². The van der Waals surface area contributed by atoms with E-state index in [1.54, 1.807) is 72.8 Å². The van der Waals surface area contributed by atoms with Gasteiger partial charge in [0.15, 0.2) is 0 Å². The summed E-state index contributed by atoms with van der Waals surface area (Å²) in [5, 5.41) is 39.3. The summed E-state index contributed by atoms with van der Waals surface area (Å²) >= 11 is 0. The van der Waals surface area contributed by atoms with Crippen LogP contribution in [0.15, 0.2) is 109 Å². The van der Waals surface area contributed by atoms with Crippen LogP contribution in [0.1, 0.15) is 99.0 Å². The summed E-state index contributed by atoms with van der Waals surface area (Å²) in [7, 11) is 0. The summed E-state index contributed by atoms with van der Waals surface area (Å²) in [5.41, 5.74) is 3.67. The Labute approximate surface area is 362 Å². The van der Waals surface area contributed by atoms with Gasteiger partial charge in [-0.2, -0.15) is 0 Å². The van der Waals surface area contributed by atoms with Crippen molar-refractivity contribution in [3.05, 3.63) is 154 Å². The Morgan fingerprint density at radius 1 is 0.406 bits per heavy atom. The van der Waals surface area contributed by atoms with Crippen molar-refractivity contribution >= 4 is 81.2 Å². The second kappa shape index (κ2) is 15.7. The van der Waals surface area contributed by atoms with E-state index < -0.39 is 59.6 Å². The molecular weight excluding hydrogens is 821 g/mol. The van der Waals surface area contributed by atoms with Gasteiger partial charge >= 0.3 is 23.9 Å². The fourth-order valence-corrected chi connectivity index (χ4v) is 9.37. The molecule has 6 aromatic carbocycles. The van der Waals surface area contributed by atoms with Crippen LogP contribution in [0.2, 0.25) is 0 Å². The highest BCUT2D eigenvalue weighted by Crippen LogP contribution is 2.43. The van der Waals surface area contributed by atoms with Crippen LogP contribution >= 0.6 is 0 Å². The molecule has 0 radical (unpaired) electrons. The van der Waals surface area contributed by atoms with E-state index in [2.05, 4.69) is 0 Å². The summed E-state index contributed by atoms with van der Waals surface area (Å²) < 4.78 is 0. The number of imide groups is 2. The van der Waals surface area contributed by atoms with Crippen molar-refractivity contribution in [1.29, 1.82) is 0 Å². The molecule has 0 bridgehead atoms. The highest BCUT2D eigenvalue weighted by atomic mass is 16.4. The van der Waals surface area contributed by atoms with Crippen molar-refractivity contribution in [2.45, 2.75) is 37.8 Å². The topological polar surface area (TPSA) is 224 Å². The second-order valence-electron chi connectivity index (χ2n) is 15.8. The molecule has 9 rings (SSSR count). The maximum atomic E-state index is 14.3. The number of rotatable bonds is 10. The van der Waals surface area contributed by atoms with Gasteiger partial charge < -0.3 is 20.4 Å². The van der Waals surface area contributed by atoms with Crippen LogP contribution in [0.3, 0.4) is 0 Å². The number of hydrogen-bond donors (Lipinski definition) is 4. The fourth-order valence-electron chi connectivity index (χ4n) is 9.37. The number of aliphatic carboxylic acids is 2. The molecule has 64 heavy (non-hydrogen) atoms. The Kier molecular flexibility index (Phi) is 10.1. The molecular formula is C50H34N2O12. The number of aromatic carboxylic acids is 2. The van der Waals surface area contributed by atoms with Crippen LogP contribution in [0.5, 0.6) is 0 Å². The second-order valence-corrected chi connectivity index (χ2v) is 15.8. The van der Waals surface area contributed by atoms with Crippen LogP contribution in [-0.2, 0) is 9.59 Å². The molecule has 4 amide bonds. The normalized spacial score (nSPS) is 17.2. The number of nitrogens with zero attached hydrogens (tertiary/aromatic N) is 2. The molecule has 0 aromatic heterocycles. The fraction of sp³-hybridized carbons (Fsp3) is 0.120. The highest BCUT2D eigenvalue weighted by Gasteiger charge is 2.44. The molecule has 4 N–H and O–H groups in total. The number of hydrogen-bond acceptors (Lipinski definition) is 8. The quantitative estimate of drug-likeness (QED) is 0.0757. The molecule has 0 spiro atoms. The van der Waals surface area contributed by atoms with Crippen molar-refractivity contribution in [3.8, 4) is 22.3 Å². The summed E-state index contributed by atoms with van der Waals surface area (Å²) in [6, 6.07) is 24.1. The van der Waals surface area contributed by atoms with E-state index in [4.69, 9.17) is 10.2 Å². The summed E-state index contributed by atoms with van der Waals surface area (Å²) in [6.07, 6.45) is 5.82. The van der Waals surface area contributed by atoms with Crippen LogP contribution in [0.4, 0.5) is 0 Å². The molecule has 0 saturated heterocycles. The number of carboxylic acids is 4. The van der Waals surface area contributed by atoms with Gasteiger partial charge in [0.2, 0.25) is 0 Å². The number of carboxylic acid groups (broad SMARTS) is 4. The minimum atomic E-state index is -1.26. The molecule has 316 valence electrons. The molecule has 6 aromatic rings. The van der Waals surface area contributed by atoms with Gasteiger partial charge in [-0.15, -0.1) is 0 Å². The number of amides is 4. The molecule has 3 aliphatic rings. The first kappa shape index (κ1) is 40.9. The van der Waals surface area contributed by atoms with Crippen LogP contribution in [0, 0.1) is 0 Å². The Morgan fingerprint density at radius 3 is 1.00 bits per heavy atom. The predicted octanol–water partition coefficient (Wildman–Crippen LogP) is 8.12. The zero-order valence-corrected chi connectivity index (χ0v) is 33.5. The summed E-state index contributed by atoms with van der Waals surface area (Å²) in [5.74, 6) is -7.14. The minimum Gasteiger partial charge on any atom is -0.478 e. The molecule has 14 nitrogen and oxygen atoms in total. The van der Waals surface area contributed by atoms with Crippen molar-refractivity contribution in [3.63, 3.8) is 0 Å². The van der Waals surface area contributed by atoms with Gasteiger partial charge in [0.25, 0.3) is 23.6 Å². The average molecular weight is 855 g/mol. The lowest BCUT2D eigenvalue weighted by atomic mass is 9.82. The molecule has 1 aliphatic carbocycles. The highest BCUT2D eigenvalue weighted by molar-refractivity contribution is 6.30. The third-order valence-electron chi connectivity index (χ3n) is 12.3. The molecule has 2 heterocycles. The van der Waals surface area contributed by atoms with Crippen molar-refractivity contribution < 1.29 is 58.8 Å². The lowest BCUT2D eigenvalue weighted by Crippen LogP contribution is -2.53. The van der Waals surface area contributed by atoms with E-state index in [1.165, 1.54) is 46.2 Å². The van der Waals surface area contributed by atoms with Crippen LogP contribution in [0.25, 0.3) is 56.0 Å². The standard InChI is InChI=1S/C50H34N2O12/c53-39(54)23-5-25-1-7-27(8-2-25)31-15-17-33-43-35(19-21-37(41(31)43)49(61)62)47(59)51(45(33)57)29-11-13-30(14-12-29)52-46(58)34-18-16-32(28-9-3-26(4-10-28)6-24-40(55)56)42-38(50(63)64)22-20-36(44(34)42)48(52)60/h1-10,15-24,29-30H,11-14H2,(H,53,54)(H,55,56)(H,61,62)(H,63,64)/b23-5+,24-6+. The van der Waals surface area contributed by atoms with Gasteiger partial charge in [0.05, 0.1) is 11.1 Å². The third-order valence-corrected chi connectivity index (χ3v) is 12.3. The maximum Gasteiger partial charge on any atom is 0.336 e. The van der Waals surface area contributed by atoms with Gasteiger partial charge in [-0.25, -0.2) is 19.2 Å². The largest absolute Gasteiger partial charge is 0.478 e. The lowest BCUT2D eigenvalue weighted by molar-refractivity contribution is -0.132. The van der Waals surface area contributed by atoms with E-state index in [1.807, 2.05) is 0 Å². The van der Waals surface area contributed by atoms with Crippen molar-refractivity contribution in [2.24, 2.45) is 0 Å². The SMILES string of the molecule is O=C(O)/C=C/c1ccc(-c2ccc3c4c(ccc(C(=O)O)c24)C(=O)N(C2CCC(N4C(=O)c5ccc(C(=O)O)c6c(-c7ccc(/C=C/C(=O)O)cc7)ccc(c56)C4=O)CC2)C3=O)cc1. The monoisotopic (exact) mass is 854 g/mol. The van der Waals surface area contributed by atoms with E-state index in [-0.39, 0.29) is 80.6 Å². The van der Waals surface area contributed by atoms with Gasteiger partial charge in [0, 0.05) is 68.0 Å². The summed E-state index contributed by atoms with van der Waals surface area (Å²) in [4.78, 5) is 107.